The zero-order chi connectivity index (χ0) is 20.0. The van der Waals surface area contributed by atoms with Crippen LogP contribution in [0, 0.1) is 0 Å². The van der Waals surface area contributed by atoms with E-state index in [0.29, 0.717) is 0 Å². The molecule has 0 aliphatic carbocycles. The fraction of sp³-hybridized carbons (Fsp3) is 0.176. The quantitative estimate of drug-likeness (QED) is 0.719. The van der Waals surface area contributed by atoms with Crippen molar-refractivity contribution in [2.75, 3.05) is 19.0 Å². The number of hydrogen-bond acceptors (Lipinski definition) is 6. The van der Waals surface area contributed by atoms with Gasteiger partial charge in [-0.1, -0.05) is 18.2 Å². The number of methoxy groups -OCH3 is 1. The van der Waals surface area contributed by atoms with Crippen LogP contribution < -0.4 is 10.1 Å². The van der Waals surface area contributed by atoms with Gasteiger partial charge < -0.3 is 14.8 Å². The smallest absolute Gasteiger partial charge is 0.343 e. The van der Waals surface area contributed by atoms with Crippen molar-refractivity contribution in [2.45, 2.75) is 10.7 Å². The molecule has 7 nitrogen and oxygen atoms in total. The molecule has 0 bridgehead atoms. The zero-order valence-corrected chi connectivity index (χ0v) is 14.8. The number of sulfone groups is 1. The molecule has 10 heteroatoms. The lowest BCUT2D eigenvalue weighted by Gasteiger charge is -2.12. The number of hydrogen-bond donors (Lipinski definition) is 1. The summed E-state index contributed by atoms with van der Waals surface area (Å²) in [5, 5.41) is 2.29. The van der Waals surface area contributed by atoms with Crippen LogP contribution in [-0.4, -0.2) is 39.8 Å². The number of nitrogens with one attached hydrogen (secondary N) is 1. The SMILES string of the molecule is COC(=O)COc1cccc(C(=O)Nc2ccccc2S(=O)(=O)C(F)F)c1. The van der Waals surface area contributed by atoms with Crippen molar-refractivity contribution in [3.05, 3.63) is 54.1 Å². The van der Waals surface area contributed by atoms with Gasteiger partial charge in [0.15, 0.2) is 6.61 Å². The third kappa shape index (κ3) is 5.00. The number of esters is 1. The number of ether oxygens (including phenoxy) is 2. The number of carbonyl (C=O) groups excluding carboxylic acids is 2. The first-order valence-electron chi connectivity index (χ1n) is 7.48. The maximum atomic E-state index is 12.8. The molecule has 2 aromatic carbocycles. The van der Waals surface area contributed by atoms with Crippen LogP contribution in [0.15, 0.2) is 53.4 Å². The number of para-hydroxylation sites is 1. The second kappa shape index (κ2) is 8.58. The Morgan fingerprint density at radius 3 is 2.48 bits per heavy atom. The molecule has 0 spiro atoms. The highest BCUT2D eigenvalue weighted by atomic mass is 32.2. The molecule has 144 valence electrons. The molecule has 2 aromatic rings. The zero-order valence-electron chi connectivity index (χ0n) is 14.0. The molecule has 0 fully saturated rings. The second-order valence-electron chi connectivity index (χ2n) is 5.15. The molecule has 0 aromatic heterocycles. The van der Waals surface area contributed by atoms with Gasteiger partial charge in [-0.05, 0) is 30.3 Å². The summed E-state index contributed by atoms with van der Waals surface area (Å²) < 4.78 is 58.7. The highest BCUT2D eigenvalue weighted by Gasteiger charge is 2.29. The summed E-state index contributed by atoms with van der Waals surface area (Å²) in [4.78, 5) is 22.8. The third-order valence-corrected chi connectivity index (χ3v) is 4.80. The first kappa shape index (κ1) is 20.3. The van der Waals surface area contributed by atoms with Gasteiger partial charge in [0.1, 0.15) is 5.75 Å². The molecule has 27 heavy (non-hydrogen) atoms. The molecule has 0 heterocycles. The van der Waals surface area contributed by atoms with Crippen LogP contribution in [0.2, 0.25) is 0 Å². The molecule has 1 amide bonds. The lowest BCUT2D eigenvalue weighted by atomic mass is 10.2. The lowest BCUT2D eigenvalue weighted by Crippen LogP contribution is -2.18. The van der Waals surface area contributed by atoms with Gasteiger partial charge in [0.25, 0.3) is 5.91 Å². The Labute approximate surface area is 153 Å². The van der Waals surface area contributed by atoms with Crippen molar-refractivity contribution >= 4 is 27.4 Å². The van der Waals surface area contributed by atoms with Crippen molar-refractivity contribution in [3.63, 3.8) is 0 Å². The maximum Gasteiger partial charge on any atom is 0.343 e. The van der Waals surface area contributed by atoms with E-state index in [4.69, 9.17) is 4.74 Å². The van der Waals surface area contributed by atoms with Crippen molar-refractivity contribution in [1.29, 1.82) is 0 Å². The van der Waals surface area contributed by atoms with E-state index in [1.807, 2.05) is 0 Å². The Morgan fingerprint density at radius 2 is 1.81 bits per heavy atom. The van der Waals surface area contributed by atoms with Crippen LogP contribution in [0.25, 0.3) is 0 Å². The topological polar surface area (TPSA) is 98.8 Å². The van der Waals surface area contributed by atoms with E-state index in [0.717, 1.165) is 6.07 Å². The molecule has 0 saturated heterocycles. The Hall–Kier alpha value is -3.01. The highest BCUT2D eigenvalue weighted by molar-refractivity contribution is 7.91. The summed E-state index contributed by atoms with van der Waals surface area (Å²) in [6.07, 6.45) is 0. The number of alkyl halides is 2. The highest BCUT2D eigenvalue weighted by Crippen LogP contribution is 2.26. The fourth-order valence-corrected chi connectivity index (χ4v) is 2.92. The average Bonchev–Trinajstić information content (AvgIpc) is 2.66. The van der Waals surface area contributed by atoms with E-state index in [-0.39, 0.29) is 23.6 Å². The Kier molecular flexibility index (Phi) is 6.45. The van der Waals surface area contributed by atoms with Crippen LogP contribution in [0.5, 0.6) is 5.75 Å². The van der Waals surface area contributed by atoms with Gasteiger partial charge >= 0.3 is 11.7 Å². The third-order valence-electron chi connectivity index (χ3n) is 3.36. The van der Waals surface area contributed by atoms with E-state index in [9.17, 15) is 26.8 Å². The van der Waals surface area contributed by atoms with Crippen LogP contribution in [0.1, 0.15) is 10.4 Å². The number of anilines is 1. The predicted octanol–water partition coefficient (Wildman–Crippen LogP) is 2.49. The molecule has 0 saturated carbocycles. The minimum Gasteiger partial charge on any atom is -0.482 e. The molecule has 0 aliphatic rings. The fourth-order valence-electron chi connectivity index (χ4n) is 2.04. The molecule has 0 unspecified atom stereocenters. The van der Waals surface area contributed by atoms with Crippen molar-refractivity contribution in [2.24, 2.45) is 0 Å². The Bertz CT molecular complexity index is 946. The lowest BCUT2D eigenvalue weighted by molar-refractivity contribution is -0.142. The number of rotatable bonds is 7. The van der Waals surface area contributed by atoms with Crippen LogP contribution in [0.3, 0.4) is 0 Å². The number of halogens is 2. The van der Waals surface area contributed by atoms with Gasteiger partial charge in [0, 0.05) is 5.56 Å². The first-order chi connectivity index (χ1) is 12.8. The van der Waals surface area contributed by atoms with Gasteiger partial charge in [0.2, 0.25) is 9.84 Å². The average molecular weight is 399 g/mol. The first-order valence-corrected chi connectivity index (χ1v) is 9.02. The standard InChI is InChI=1S/C17H15F2NO6S/c1-25-15(21)10-26-12-6-4-5-11(9-12)16(22)20-13-7-2-3-8-14(13)27(23,24)17(18)19/h2-9,17H,10H2,1H3,(H,20,22). The van der Waals surface area contributed by atoms with Crippen LogP contribution in [0.4, 0.5) is 14.5 Å². The van der Waals surface area contributed by atoms with Gasteiger partial charge in [-0.2, -0.15) is 8.78 Å². The van der Waals surface area contributed by atoms with Crippen molar-refractivity contribution in [1.82, 2.24) is 0 Å². The monoisotopic (exact) mass is 399 g/mol. The maximum absolute atomic E-state index is 12.8. The summed E-state index contributed by atoms with van der Waals surface area (Å²) in [5.41, 5.74) is -0.203. The molecular formula is C17H15F2NO6S. The van der Waals surface area contributed by atoms with Gasteiger partial charge in [-0.3, -0.25) is 4.79 Å². The molecule has 2 rings (SSSR count). The molecule has 0 radical (unpaired) electrons. The number of benzene rings is 2. The molecule has 1 N–H and O–H groups in total. The molecular weight excluding hydrogens is 384 g/mol. The Balaban J connectivity index is 2.23. The van der Waals surface area contributed by atoms with E-state index in [1.165, 1.54) is 49.6 Å². The minimum absolute atomic E-state index is 0.0709. The van der Waals surface area contributed by atoms with Crippen molar-refractivity contribution in [3.8, 4) is 5.75 Å². The van der Waals surface area contributed by atoms with Crippen LogP contribution in [-0.2, 0) is 19.4 Å². The molecule has 0 atom stereocenters. The predicted molar refractivity (Wildman–Crippen MR) is 91.5 cm³/mol. The summed E-state index contributed by atoms with van der Waals surface area (Å²) in [6.45, 7) is -0.364. The van der Waals surface area contributed by atoms with Gasteiger partial charge in [0.05, 0.1) is 17.7 Å². The number of carbonyl (C=O) groups is 2. The summed E-state index contributed by atoms with van der Waals surface area (Å²) >= 11 is 0. The second-order valence-corrected chi connectivity index (χ2v) is 7.03. The van der Waals surface area contributed by atoms with E-state index in [1.54, 1.807) is 0 Å². The van der Waals surface area contributed by atoms with Crippen LogP contribution >= 0.6 is 0 Å². The van der Waals surface area contributed by atoms with Crippen molar-refractivity contribution < 1.29 is 36.3 Å². The summed E-state index contributed by atoms with van der Waals surface area (Å²) in [5.74, 6) is -4.78. The Morgan fingerprint density at radius 1 is 1.11 bits per heavy atom. The summed E-state index contributed by atoms with van der Waals surface area (Å²) in [7, 11) is -3.69. The molecule has 0 aliphatic heterocycles. The van der Waals surface area contributed by atoms with Gasteiger partial charge in [-0.15, -0.1) is 0 Å². The van der Waals surface area contributed by atoms with E-state index in [2.05, 4.69) is 10.1 Å². The summed E-state index contributed by atoms with van der Waals surface area (Å²) in [6, 6.07) is 10.5. The van der Waals surface area contributed by atoms with E-state index < -0.39 is 32.4 Å². The minimum atomic E-state index is -4.89. The largest absolute Gasteiger partial charge is 0.482 e. The van der Waals surface area contributed by atoms with E-state index >= 15 is 0 Å². The normalized spacial score (nSPS) is 11.1. The van der Waals surface area contributed by atoms with Gasteiger partial charge in [-0.25, -0.2) is 13.2 Å². The number of amides is 1.